The molecule has 1 heterocycles. The molecule has 0 aromatic carbocycles. The summed E-state index contributed by atoms with van der Waals surface area (Å²) in [4.78, 5) is 12.9. The molecule has 0 radical (unpaired) electrons. The van der Waals surface area contributed by atoms with Crippen molar-refractivity contribution < 1.29 is 39.8 Å². The second-order valence-electron chi connectivity index (χ2n) is 14.8. The van der Waals surface area contributed by atoms with Gasteiger partial charge in [-0.15, -0.1) is 0 Å². The predicted octanol–water partition coefficient (Wildman–Crippen LogP) is 7.94. The summed E-state index contributed by atoms with van der Waals surface area (Å²) < 4.78 is 11.2. The molecule has 51 heavy (non-hydrogen) atoms. The van der Waals surface area contributed by atoms with E-state index in [-0.39, 0.29) is 12.5 Å². The van der Waals surface area contributed by atoms with Gasteiger partial charge >= 0.3 is 0 Å². The minimum atomic E-state index is -1.55. The van der Waals surface area contributed by atoms with Gasteiger partial charge in [0.25, 0.3) is 0 Å². The van der Waals surface area contributed by atoms with Crippen molar-refractivity contribution in [3.63, 3.8) is 0 Å². The molecule has 1 aliphatic heterocycles. The lowest BCUT2D eigenvalue weighted by molar-refractivity contribution is -0.302. The Hall–Kier alpha value is -1.33. The normalized spacial score (nSPS) is 22.2. The Morgan fingerprint density at radius 2 is 1.16 bits per heavy atom. The number of nitrogens with one attached hydrogen (secondary N) is 1. The van der Waals surface area contributed by atoms with Gasteiger partial charge in [0.15, 0.2) is 6.29 Å². The topological polar surface area (TPSA) is 149 Å². The van der Waals surface area contributed by atoms with Crippen molar-refractivity contribution in [2.75, 3.05) is 13.2 Å². The fourth-order valence-corrected chi connectivity index (χ4v) is 6.60. The first kappa shape index (κ1) is 47.7. The van der Waals surface area contributed by atoms with Gasteiger partial charge in [-0.25, -0.2) is 0 Å². The van der Waals surface area contributed by atoms with Crippen LogP contribution in [-0.2, 0) is 14.3 Å². The van der Waals surface area contributed by atoms with E-state index in [1.165, 1.54) is 109 Å². The van der Waals surface area contributed by atoms with Crippen molar-refractivity contribution in [2.45, 2.75) is 224 Å². The standard InChI is InChI=1S/C42H79NO8/c1-3-5-7-9-11-13-14-15-16-17-18-19-20-21-22-24-26-28-30-32-38(46)43-35(36(45)31-29-27-25-23-12-10-8-6-4-2)34-50-42-41(49)40(48)39(47)37(33-44)51-42/h11,13,15-16,35-37,39-42,44-45,47-49H,3-10,12,14,17-34H2,1-2H3,(H,43,46)/b13-11-,16-15-. The first-order valence-corrected chi connectivity index (χ1v) is 21.0. The highest BCUT2D eigenvalue weighted by molar-refractivity contribution is 5.76. The summed E-state index contributed by atoms with van der Waals surface area (Å²) >= 11 is 0. The quantitative estimate of drug-likeness (QED) is 0.0289. The molecule has 7 unspecified atom stereocenters. The number of aliphatic hydroxyl groups is 5. The molecule has 0 saturated carbocycles. The van der Waals surface area contributed by atoms with Crippen LogP contribution in [0.5, 0.6) is 0 Å². The lowest BCUT2D eigenvalue weighted by Gasteiger charge is -2.40. The van der Waals surface area contributed by atoms with Gasteiger partial charge in [-0.2, -0.15) is 0 Å². The first-order chi connectivity index (χ1) is 24.8. The molecule has 9 nitrogen and oxygen atoms in total. The van der Waals surface area contributed by atoms with Crippen LogP contribution in [0.1, 0.15) is 181 Å². The predicted molar refractivity (Wildman–Crippen MR) is 207 cm³/mol. The number of unbranched alkanes of at least 4 members (excludes halogenated alkanes) is 20. The Kier molecular flexibility index (Phi) is 31.1. The second-order valence-corrected chi connectivity index (χ2v) is 14.8. The Labute approximate surface area is 311 Å². The summed E-state index contributed by atoms with van der Waals surface area (Å²) in [7, 11) is 0. The molecule has 1 saturated heterocycles. The minimum absolute atomic E-state index is 0.139. The van der Waals surface area contributed by atoms with Gasteiger partial charge in [0, 0.05) is 6.42 Å². The molecule has 0 aromatic heterocycles. The van der Waals surface area contributed by atoms with Gasteiger partial charge in [0.05, 0.1) is 25.4 Å². The largest absolute Gasteiger partial charge is 0.394 e. The van der Waals surface area contributed by atoms with Crippen molar-refractivity contribution in [1.82, 2.24) is 5.32 Å². The van der Waals surface area contributed by atoms with Crippen LogP contribution in [0.25, 0.3) is 0 Å². The molecule has 7 atom stereocenters. The number of amides is 1. The monoisotopic (exact) mass is 726 g/mol. The zero-order chi connectivity index (χ0) is 37.4. The molecule has 1 aliphatic rings. The molecular formula is C42H79NO8. The number of aliphatic hydroxyl groups excluding tert-OH is 5. The van der Waals surface area contributed by atoms with Crippen molar-refractivity contribution in [3.05, 3.63) is 24.3 Å². The highest BCUT2D eigenvalue weighted by Crippen LogP contribution is 2.23. The van der Waals surface area contributed by atoms with E-state index in [4.69, 9.17) is 9.47 Å². The molecule has 0 aromatic rings. The van der Waals surface area contributed by atoms with Crippen LogP contribution in [0, 0.1) is 0 Å². The maximum Gasteiger partial charge on any atom is 0.220 e. The smallest absolute Gasteiger partial charge is 0.220 e. The Morgan fingerprint density at radius 1 is 0.667 bits per heavy atom. The molecule has 0 spiro atoms. The molecule has 1 amide bonds. The molecule has 300 valence electrons. The van der Waals surface area contributed by atoms with Crippen LogP contribution in [0.15, 0.2) is 24.3 Å². The first-order valence-electron chi connectivity index (χ1n) is 21.0. The third-order valence-corrected chi connectivity index (χ3v) is 10.1. The maximum atomic E-state index is 12.9. The van der Waals surface area contributed by atoms with E-state index in [9.17, 15) is 30.3 Å². The van der Waals surface area contributed by atoms with Crippen molar-refractivity contribution in [2.24, 2.45) is 0 Å². The fraction of sp³-hybridized carbons (Fsp3) is 0.881. The summed E-state index contributed by atoms with van der Waals surface area (Å²) in [6, 6.07) is -0.716. The van der Waals surface area contributed by atoms with E-state index >= 15 is 0 Å². The van der Waals surface area contributed by atoms with E-state index in [0.29, 0.717) is 12.8 Å². The summed E-state index contributed by atoms with van der Waals surface area (Å²) in [5, 5.41) is 54.1. The molecule has 1 fully saturated rings. The van der Waals surface area contributed by atoms with Crippen LogP contribution in [0.2, 0.25) is 0 Å². The number of allylic oxidation sites excluding steroid dienone is 4. The Morgan fingerprint density at radius 3 is 1.73 bits per heavy atom. The van der Waals surface area contributed by atoms with Gasteiger partial charge in [0.1, 0.15) is 24.4 Å². The average molecular weight is 726 g/mol. The summed E-state index contributed by atoms with van der Waals surface area (Å²) in [5.74, 6) is -0.152. The van der Waals surface area contributed by atoms with E-state index in [1.807, 2.05) is 0 Å². The van der Waals surface area contributed by atoms with Crippen LogP contribution >= 0.6 is 0 Å². The summed E-state index contributed by atoms with van der Waals surface area (Å²) in [6.45, 7) is 3.77. The third kappa shape index (κ3) is 24.6. The number of carbonyl (C=O) groups excluding carboxylic acids is 1. The van der Waals surface area contributed by atoms with Crippen molar-refractivity contribution >= 4 is 5.91 Å². The summed E-state index contributed by atoms with van der Waals surface area (Å²) in [5.41, 5.74) is 0. The van der Waals surface area contributed by atoms with Gasteiger partial charge in [0.2, 0.25) is 5.91 Å². The average Bonchev–Trinajstić information content (AvgIpc) is 3.13. The number of hydrogen-bond donors (Lipinski definition) is 6. The Bertz CT molecular complexity index is 853. The lowest BCUT2D eigenvalue weighted by atomic mass is 9.99. The Balaban J connectivity index is 2.31. The molecule has 6 N–H and O–H groups in total. The maximum absolute atomic E-state index is 12.9. The number of rotatable bonds is 34. The van der Waals surface area contributed by atoms with Crippen molar-refractivity contribution in [3.8, 4) is 0 Å². The zero-order valence-electron chi connectivity index (χ0n) is 32.6. The third-order valence-electron chi connectivity index (χ3n) is 10.1. The van der Waals surface area contributed by atoms with Gasteiger partial charge in [-0.3, -0.25) is 4.79 Å². The van der Waals surface area contributed by atoms with Crippen LogP contribution in [0.4, 0.5) is 0 Å². The van der Waals surface area contributed by atoms with E-state index in [0.717, 1.165) is 44.9 Å². The minimum Gasteiger partial charge on any atom is -0.394 e. The van der Waals surface area contributed by atoms with Crippen LogP contribution < -0.4 is 5.32 Å². The highest BCUT2D eigenvalue weighted by atomic mass is 16.7. The van der Waals surface area contributed by atoms with Gasteiger partial charge in [-0.05, 0) is 44.9 Å². The SMILES string of the molecule is CCCCC/C=C\C/C=C\CCCCCCCCCCCC(=O)NC(COC1OC(CO)C(O)C(O)C1O)C(O)CCCCCCCCCCC. The molecule has 0 bridgehead atoms. The molecule has 0 aliphatic carbocycles. The van der Waals surface area contributed by atoms with Crippen molar-refractivity contribution in [1.29, 1.82) is 0 Å². The second kappa shape index (κ2) is 33.3. The van der Waals surface area contributed by atoms with Gasteiger partial charge < -0.3 is 40.3 Å². The number of carbonyl (C=O) groups is 1. The fourth-order valence-electron chi connectivity index (χ4n) is 6.60. The number of hydrogen-bond acceptors (Lipinski definition) is 8. The van der Waals surface area contributed by atoms with Gasteiger partial charge in [-0.1, -0.05) is 154 Å². The molecule has 1 rings (SSSR count). The molecular weight excluding hydrogens is 646 g/mol. The van der Waals surface area contributed by atoms with E-state index < -0.39 is 49.5 Å². The highest BCUT2D eigenvalue weighted by Gasteiger charge is 2.44. The zero-order valence-corrected chi connectivity index (χ0v) is 32.6. The summed E-state index contributed by atoms with van der Waals surface area (Å²) in [6.07, 6.45) is 30.4. The van der Waals surface area contributed by atoms with E-state index in [2.05, 4.69) is 43.5 Å². The lowest BCUT2D eigenvalue weighted by Crippen LogP contribution is -2.60. The number of ether oxygens (including phenoxy) is 2. The van der Waals surface area contributed by atoms with Crippen LogP contribution in [-0.4, -0.2) is 87.5 Å². The van der Waals surface area contributed by atoms with Crippen LogP contribution in [0.3, 0.4) is 0 Å². The molecule has 9 heteroatoms. The van der Waals surface area contributed by atoms with E-state index in [1.54, 1.807) is 0 Å².